The molecule has 2 aromatic rings. The molecule has 0 atom stereocenters. The topological polar surface area (TPSA) is 60.9 Å². The van der Waals surface area contributed by atoms with E-state index in [4.69, 9.17) is 5.73 Å². The van der Waals surface area contributed by atoms with Gasteiger partial charge in [-0.15, -0.1) is 0 Å². The summed E-state index contributed by atoms with van der Waals surface area (Å²) in [6.07, 6.45) is -3.19. The number of hydrogen-bond acceptors (Lipinski definition) is 3. The van der Waals surface area contributed by atoms with Crippen LogP contribution < -0.4 is 11.3 Å². The van der Waals surface area contributed by atoms with Gasteiger partial charge in [0, 0.05) is 13.1 Å². The van der Waals surface area contributed by atoms with E-state index in [-0.39, 0.29) is 24.0 Å². The van der Waals surface area contributed by atoms with Gasteiger partial charge in [0.05, 0.1) is 22.8 Å². The fourth-order valence-corrected chi connectivity index (χ4v) is 1.63. The van der Waals surface area contributed by atoms with Gasteiger partial charge < -0.3 is 5.73 Å². The van der Waals surface area contributed by atoms with Crippen molar-refractivity contribution < 1.29 is 13.2 Å². The molecule has 0 fully saturated rings. The fourth-order valence-electron chi connectivity index (χ4n) is 1.63. The minimum atomic E-state index is -4.48. The van der Waals surface area contributed by atoms with Crippen LogP contribution in [-0.4, -0.2) is 16.1 Å². The van der Waals surface area contributed by atoms with E-state index in [1.807, 2.05) is 0 Å². The summed E-state index contributed by atoms with van der Waals surface area (Å²) in [4.78, 5) is 15.8. The Hall–Kier alpha value is -1.89. The van der Waals surface area contributed by atoms with Crippen molar-refractivity contribution in [2.24, 2.45) is 5.73 Å². The van der Waals surface area contributed by atoms with Crippen LogP contribution >= 0.6 is 0 Å². The molecule has 0 aliphatic rings. The highest BCUT2D eigenvalue weighted by atomic mass is 19.4. The fraction of sp³-hybridized carbons (Fsp3) is 0.273. The maximum Gasteiger partial charge on any atom is 0.416 e. The molecule has 1 heterocycles. The van der Waals surface area contributed by atoms with E-state index in [2.05, 4.69) is 4.98 Å². The predicted molar refractivity (Wildman–Crippen MR) is 60.1 cm³/mol. The number of alkyl halides is 3. The summed E-state index contributed by atoms with van der Waals surface area (Å²) in [6.45, 7) is 0.435. The van der Waals surface area contributed by atoms with Crippen LogP contribution in [0, 0.1) is 0 Å². The Labute approximate surface area is 99.9 Å². The molecular weight excluding hydrogens is 247 g/mol. The van der Waals surface area contributed by atoms with Gasteiger partial charge in [-0.2, -0.15) is 13.2 Å². The molecule has 18 heavy (non-hydrogen) atoms. The molecule has 0 amide bonds. The number of nitrogens with two attached hydrogens (primary N) is 1. The monoisotopic (exact) mass is 257 g/mol. The van der Waals surface area contributed by atoms with Crippen molar-refractivity contribution in [3.05, 3.63) is 40.4 Å². The van der Waals surface area contributed by atoms with Crippen molar-refractivity contribution in [2.75, 3.05) is 6.54 Å². The van der Waals surface area contributed by atoms with Gasteiger partial charge in [-0.05, 0) is 18.2 Å². The smallest absolute Gasteiger partial charge is 0.329 e. The molecule has 0 aliphatic carbocycles. The molecule has 0 bridgehead atoms. The van der Waals surface area contributed by atoms with Crippen LogP contribution in [0.15, 0.2) is 29.3 Å². The Bertz CT molecular complexity index is 633. The summed E-state index contributed by atoms with van der Waals surface area (Å²) < 4.78 is 38.8. The molecule has 0 spiro atoms. The minimum absolute atomic E-state index is 0.0548. The molecule has 0 saturated heterocycles. The first kappa shape index (κ1) is 12.6. The number of fused-ring (bicyclic) bond motifs is 1. The lowest BCUT2D eigenvalue weighted by Crippen LogP contribution is -2.24. The number of rotatable bonds is 2. The van der Waals surface area contributed by atoms with Gasteiger partial charge in [-0.1, -0.05) is 0 Å². The third kappa shape index (κ3) is 2.21. The third-order valence-corrected chi connectivity index (χ3v) is 2.52. The van der Waals surface area contributed by atoms with Crippen LogP contribution in [0.25, 0.3) is 10.9 Å². The second-order valence-electron chi connectivity index (χ2n) is 3.76. The van der Waals surface area contributed by atoms with Gasteiger partial charge in [0.1, 0.15) is 0 Å². The third-order valence-electron chi connectivity index (χ3n) is 2.52. The highest BCUT2D eigenvalue weighted by Crippen LogP contribution is 2.30. The van der Waals surface area contributed by atoms with Crippen molar-refractivity contribution in [3.63, 3.8) is 0 Å². The zero-order chi connectivity index (χ0) is 13.3. The lowest BCUT2D eigenvalue weighted by Gasteiger charge is -2.08. The molecule has 2 rings (SSSR count). The molecule has 0 saturated carbocycles. The van der Waals surface area contributed by atoms with Crippen LogP contribution in [0.2, 0.25) is 0 Å². The van der Waals surface area contributed by atoms with Crippen molar-refractivity contribution in [1.29, 1.82) is 0 Å². The lowest BCUT2D eigenvalue weighted by molar-refractivity contribution is -0.137. The molecule has 1 aromatic heterocycles. The summed E-state index contributed by atoms with van der Waals surface area (Å²) in [6, 6.07) is 2.91. The molecule has 0 radical (unpaired) electrons. The van der Waals surface area contributed by atoms with E-state index >= 15 is 0 Å². The average Bonchev–Trinajstić information content (AvgIpc) is 2.31. The Morgan fingerprint density at radius 1 is 1.33 bits per heavy atom. The van der Waals surface area contributed by atoms with E-state index in [0.717, 1.165) is 12.1 Å². The van der Waals surface area contributed by atoms with E-state index in [1.165, 1.54) is 17.0 Å². The van der Waals surface area contributed by atoms with Crippen LogP contribution in [0.3, 0.4) is 0 Å². The van der Waals surface area contributed by atoms with E-state index < -0.39 is 17.3 Å². The molecule has 7 heteroatoms. The Morgan fingerprint density at radius 2 is 2.06 bits per heavy atom. The van der Waals surface area contributed by atoms with Gasteiger partial charge in [0.15, 0.2) is 0 Å². The van der Waals surface area contributed by atoms with E-state index in [9.17, 15) is 18.0 Å². The maximum atomic E-state index is 12.5. The average molecular weight is 257 g/mol. The standard InChI is InChI=1S/C11H10F3N3O/c12-11(13,14)7-1-2-9-8(5-7)10(18)17(4-3-15)6-16-9/h1-2,5-6H,3-4,15H2. The zero-order valence-corrected chi connectivity index (χ0v) is 9.24. The van der Waals surface area contributed by atoms with E-state index in [0.29, 0.717) is 0 Å². The Balaban J connectivity index is 2.67. The van der Waals surface area contributed by atoms with E-state index in [1.54, 1.807) is 0 Å². The first-order valence-electron chi connectivity index (χ1n) is 5.20. The highest BCUT2D eigenvalue weighted by molar-refractivity contribution is 5.78. The number of hydrogen-bond donors (Lipinski definition) is 1. The highest BCUT2D eigenvalue weighted by Gasteiger charge is 2.30. The summed E-state index contributed by atoms with van der Waals surface area (Å²) in [5.41, 5.74) is 4.16. The Kier molecular flexibility index (Phi) is 3.08. The van der Waals surface area contributed by atoms with Crippen LogP contribution in [0.5, 0.6) is 0 Å². The van der Waals surface area contributed by atoms with Gasteiger partial charge in [-0.25, -0.2) is 4.98 Å². The SMILES string of the molecule is NCCn1cnc2ccc(C(F)(F)F)cc2c1=O. The van der Waals surface area contributed by atoms with Crippen molar-refractivity contribution in [1.82, 2.24) is 9.55 Å². The second-order valence-corrected chi connectivity index (χ2v) is 3.76. The van der Waals surface area contributed by atoms with Crippen LogP contribution in [0.4, 0.5) is 13.2 Å². The number of nitrogens with zero attached hydrogens (tertiary/aromatic N) is 2. The molecule has 0 aliphatic heterocycles. The first-order chi connectivity index (χ1) is 8.43. The van der Waals surface area contributed by atoms with Crippen molar-refractivity contribution >= 4 is 10.9 Å². The van der Waals surface area contributed by atoms with Crippen LogP contribution in [-0.2, 0) is 12.7 Å². The summed E-state index contributed by atoms with van der Waals surface area (Å²) in [5, 5.41) is -0.0548. The summed E-state index contributed by atoms with van der Waals surface area (Å²) in [7, 11) is 0. The number of halogens is 3. The summed E-state index contributed by atoms with van der Waals surface area (Å²) in [5.74, 6) is 0. The van der Waals surface area contributed by atoms with Crippen LogP contribution in [0.1, 0.15) is 5.56 Å². The molecule has 0 unspecified atom stereocenters. The molecular formula is C11H10F3N3O. The van der Waals surface area contributed by atoms with Gasteiger partial charge in [0.2, 0.25) is 0 Å². The van der Waals surface area contributed by atoms with Crippen molar-refractivity contribution in [2.45, 2.75) is 12.7 Å². The number of benzene rings is 1. The lowest BCUT2D eigenvalue weighted by atomic mass is 10.1. The zero-order valence-electron chi connectivity index (χ0n) is 9.24. The van der Waals surface area contributed by atoms with Gasteiger partial charge in [0.25, 0.3) is 5.56 Å². The number of aromatic nitrogens is 2. The minimum Gasteiger partial charge on any atom is -0.329 e. The maximum absolute atomic E-state index is 12.5. The predicted octanol–water partition coefficient (Wildman–Crippen LogP) is 1.37. The second kappa shape index (κ2) is 4.41. The summed E-state index contributed by atoms with van der Waals surface area (Å²) >= 11 is 0. The quantitative estimate of drug-likeness (QED) is 0.884. The molecule has 96 valence electrons. The largest absolute Gasteiger partial charge is 0.416 e. The van der Waals surface area contributed by atoms with Gasteiger partial charge >= 0.3 is 6.18 Å². The Morgan fingerprint density at radius 3 is 2.67 bits per heavy atom. The molecule has 4 nitrogen and oxygen atoms in total. The van der Waals surface area contributed by atoms with Crippen molar-refractivity contribution in [3.8, 4) is 0 Å². The first-order valence-corrected chi connectivity index (χ1v) is 5.20. The van der Waals surface area contributed by atoms with Gasteiger partial charge in [-0.3, -0.25) is 9.36 Å². The molecule has 2 N–H and O–H groups in total. The molecule has 1 aromatic carbocycles. The normalized spacial score (nSPS) is 12.0.